The van der Waals surface area contributed by atoms with Crippen LogP contribution in [0.5, 0.6) is 0 Å². The third kappa shape index (κ3) is 3.94. The van der Waals surface area contributed by atoms with Gasteiger partial charge in [-0.25, -0.2) is 0 Å². The van der Waals surface area contributed by atoms with Gasteiger partial charge in [-0.2, -0.15) is 0 Å². The molecule has 0 saturated carbocycles. The highest BCUT2D eigenvalue weighted by Gasteiger charge is 2.48. The fourth-order valence-electron chi connectivity index (χ4n) is 3.69. The number of carbonyl (C=O) groups is 1. The highest BCUT2D eigenvalue weighted by molar-refractivity contribution is 5.78. The van der Waals surface area contributed by atoms with E-state index in [0.717, 1.165) is 38.1 Å². The number of rotatable bonds is 6. The van der Waals surface area contributed by atoms with Gasteiger partial charge in [0.15, 0.2) is 0 Å². The molecule has 2 aliphatic heterocycles. The molecule has 2 fully saturated rings. The van der Waals surface area contributed by atoms with Gasteiger partial charge < -0.3 is 19.3 Å². The molecule has 1 amide bonds. The number of ether oxygens (including phenoxy) is 2. The first-order valence-electron chi connectivity index (χ1n) is 8.60. The van der Waals surface area contributed by atoms with Crippen LogP contribution in [0.25, 0.3) is 0 Å². The molecule has 0 spiro atoms. The second-order valence-corrected chi connectivity index (χ2v) is 7.17. The molecule has 2 aliphatic rings. The molecule has 0 radical (unpaired) electrons. The van der Waals surface area contributed by atoms with Crippen molar-refractivity contribution in [3.05, 3.63) is 30.1 Å². The summed E-state index contributed by atoms with van der Waals surface area (Å²) in [5.41, 5.74) is 1.00. The predicted octanol–water partition coefficient (Wildman–Crippen LogP) is 1.17. The lowest BCUT2D eigenvalue weighted by Gasteiger charge is -2.43. The van der Waals surface area contributed by atoms with E-state index in [4.69, 9.17) is 9.47 Å². The summed E-state index contributed by atoms with van der Waals surface area (Å²) in [6, 6.07) is 3.93. The minimum absolute atomic E-state index is 0.0670. The van der Waals surface area contributed by atoms with Crippen LogP contribution in [0.3, 0.4) is 0 Å². The molecule has 6 heteroatoms. The Balaban J connectivity index is 1.60. The maximum Gasteiger partial charge on any atom is 0.236 e. The summed E-state index contributed by atoms with van der Waals surface area (Å²) >= 11 is 0. The van der Waals surface area contributed by atoms with Crippen LogP contribution in [0.15, 0.2) is 24.5 Å². The van der Waals surface area contributed by atoms with E-state index in [-0.39, 0.29) is 17.4 Å². The van der Waals surface area contributed by atoms with E-state index in [0.29, 0.717) is 19.8 Å². The van der Waals surface area contributed by atoms with E-state index in [2.05, 4.69) is 4.98 Å². The first kappa shape index (κ1) is 17.3. The van der Waals surface area contributed by atoms with Crippen molar-refractivity contribution in [3.63, 3.8) is 0 Å². The molecule has 1 aromatic rings. The molecule has 0 bridgehead atoms. The van der Waals surface area contributed by atoms with Crippen molar-refractivity contribution in [3.8, 4) is 0 Å². The van der Waals surface area contributed by atoms with E-state index in [9.17, 15) is 4.79 Å². The Labute approximate surface area is 143 Å². The maximum absolute atomic E-state index is 12.4. The molecule has 132 valence electrons. The van der Waals surface area contributed by atoms with Crippen LogP contribution in [-0.2, 0) is 20.9 Å². The summed E-state index contributed by atoms with van der Waals surface area (Å²) in [7, 11) is 3.85. The van der Waals surface area contributed by atoms with Gasteiger partial charge in [0, 0.05) is 37.5 Å². The van der Waals surface area contributed by atoms with Gasteiger partial charge in [-0.1, -0.05) is 6.07 Å². The van der Waals surface area contributed by atoms with Gasteiger partial charge in [0.25, 0.3) is 0 Å². The second-order valence-electron chi connectivity index (χ2n) is 7.17. The number of nitrogens with zero attached hydrogens (tertiary/aromatic N) is 3. The number of fused-ring (bicyclic) bond motifs is 1. The maximum atomic E-state index is 12.4. The lowest BCUT2D eigenvalue weighted by Crippen LogP contribution is -2.54. The Morgan fingerprint density at radius 1 is 1.54 bits per heavy atom. The molecule has 1 aromatic heterocycles. The summed E-state index contributed by atoms with van der Waals surface area (Å²) in [5.74, 6) is 0.192. The van der Waals surface area contributed by atoms with Gasteiger partial charge in [-0.15, -0.1) is 0 Å². The number of piperidine rings is 1. The largest absolute Gasteiger partial charge is 0.377 e. The third-order valence-corrected chi connectivity index (χ3v) is 4.95. The molecule has 6 nitrogen and oxygen atoms in total. The predicted molar refractivity (Wildman–Crippen MR) is 90.4 cm³/mol. The van der Waals surface area contributed by atoms with Crippen LogP contribution in [0, 0.1) is 5.41 Å². The monoisotopic (exact) mass is 333 g/mol. The minimum Gasteiger partial charge on any atom is -0.377 e. The van der Waals surface area contributed by atoms with E-state index < -0.39 is 0 Å². The van der Waals surface area contributed by atoms with E-state index >= 15 is 0 Å². The standard InChI is InChI=1S/C18H27N3O3/c1-20(2)11-17(22)21-8-5-16-18(13-21,6-9-24-16)14-23-12-15-4-3-7-19-10-15/h3-4,7,10,16H,5-6,8-9,11-14H2,1-2H3/t16-,18-/m0/s1. The number of likely N-dealkylation sites (tertiary alicyclic amines) is 1. The van der Waals surface area contributed by atoms with E-state index in [1.807, 2.05) is 42.2 Å². The summed E-state index contributed by atoms with van der Waals surface area (Å²) in [6.45, 7) is 3.90. The van der Waals surface area contributed by atoms with Gasteiger partial charge in [0.05, 0.1) is 25.9 Å². The summed E-state index contributed by atoms with van der Waals surface area (Å²) in [5, 5.41) is 0. The van der Waals surface area contributed by atoms with Crippen LogP contribution in [0.1, 0.15) is 18.4 Å². The Hall–Kier alpha value is -1.50. The number of likely N-dealkylation sites (N-methyl/N-ethyl adjacent to an activating group) is 1. The highest BCUT2D eigenvalue weighted by atomic mass is 16.5. The molecular weight excluding hydrogens is 306 g/mol. The molecule has 0 aromatic carbocycles. The topological polar surface area (TPSA) is 54.9 Å². The van der Waals surface area contributed by atoms with Crippen LogP contribution >= 0.6 is 0 Å². The van der Waals surface area contributed by atoms with E-state index in [1.54, 1.807) is 6.20 Å². The molecule has 0 unspecified atom stereocenters. The number of hydrogen-bond acceptors (Lipinski definition) is 5. The van der Waals surface area contributed by atoms with Crippen molar-refractivity contribution in [2.45, 2.75) is 25.6 Å². The Bertz CT molecular complexity index is 552. The van der Waals surface area contributed by atoms with Crippen LogP contribution < -0.4 is 0 Å². The smallest absolute Gasteiger partial charge is 0.236 e. The van der Waals surface area contributed by atoms with Crippen molar-refractivity contribution in [1.29, 1.82) is 0 Å². The third-order valence-electron chi connectivity index (χ3n) is 4.95. The second kappa shape index (κ2) is 7.59. The van der Waals surface area contributed by atoms with Crippen LogP contribution in [-0.4, -0.2) is 73.7 Å². The molecule has 24 heavy (non-hydrogen) atoms. The zero-order chi connectivity index (χ0) is 17.0. The first-order valence-corrected chi connectivity index (χ1v) is 8.60. The Morgan fingerprint density at radius 2 is 2.42 bits per heavy atom. The molecule has 0 N–H and O–H groups in total. The SMILES string of the molecule is CN(C)CC(=O)N1CC[C@@H]2OCC[C@@]2(COCc2cccnc2)C1. The molecular formula is C18H27N3O3. The van der Waals surface area contributed by atoms with Gasteiger partial charge in [-0.3, -0.25) is 9.78 Å². The van der Waals surface area contributed by atoms with Gasteiger partial charge in [0.1, 0.15) is 0 Å². The average Bonchev–Trinajstić information content (AvgIpc) is 2.98. The van der Waals surface area contributed by atoms with Crippen molar-refractivity contribution in [1.82, 2.24) is 14.8 Å². The van der Waals surface area contributed by atoms with Gasteiger partial charge >= 0.3 is 0 Å². The summed E-state index contributed by atoms with van der Waals surface area (Å²) < 4.78 is 11.9. The fourth-order valence-corrected chi connectivity index (χ4v) is 3.69. The first-order chi connectivity index (χ1) is 11.6. The number of aromatic nitrogens is 1. The number of hydrogen-bond donors (Lipinski definition) is 0. The quantitative estimate of drug-likeness (QED) is 0.782. The zero-order valence-corrected chi connectivity index (χ0v) is 14.6. The fraction of sp³-hybridized carbons (Fsp3) is 0.667. The lowest BCUT2D eigenvalue weighted by molar-refractivity contribution is -0.140. The van der Waals surface area contributed by atoms with E-state index in [1.165, 1.54) is 0 Å². The van der Waals surface area contributed by atoms with Gasteiger partial charge in [0.2, 0.25) is 5.91 Å². The number of pyridine rings is 1. The lowest BCUT2D eigenvalue weighted by atomic mass is 9.77. The minimum atomic E-state index is -0.0670. The molecule has 2 atom stereocenters. The zero-order valence-electron chi connectivity index (χ0n) is 14.6. The van der Waals surface area contributed by atoms with Crippen LogP contribution in [0.4, 0.5) is 0 Å². The number of carbonyl (C=O) groups excluding carboxylic acids is 1. The molecule has 0 aliphatic carbocycles. The molecule has 3 rings (SSSR count). The van der Waals surface area contributed by atoms with Crippen LogP contribution in [0.2, 0.25) is 0 Å². The number of amides is 1. The normalized spacial score (nSPS) is 26.6. The van der Waals surface area contributed by atoms with Crippen molar-refractivity contribution >= 4 is 5.91 Å². The highest BCUT2D eigenvalue weighted by Crippen LogP contribution is 2.41. The van der Waals surface area contributed by atoms with Crippen molar-refractivity contribution < 1.29 is 14.3 Å². The molecule has 2 saturated heterocycles. The Morgan fingerprint density at radius 3 is 3.17 bits per heavy atom. The molecule has 3 heterocycles. The average molecular weight is 333 g/mol. The summed E-state index contributed by atoms with van der Waals surface area (Å²) in [6.07, 6.45) is 5.65. The Kier molecular flexibility index (Phi) is 5.48. The van der Waals surface area contributed by atoms with Gasteiger partial charge in [-0.05, 0) is 38.6 Å². The van der Waals surface area contributed by atoms with Crippen molar-refractivity contribution in [2.24, 2.45) is 5.41 Å². The van der Waals surface area contributed by atoms with Crippen molar-refractivity contribution in [2.75, 3.05) is 46.9 Å². The summed E-state index contributed by atoms with van der Waals surface area (Å²) in [4.78, 5) is 20.5.